The Kier molecular flexibility index (Phi) is 4.94. The summed E-state index contributed by atoms with van der Waals surface area (Å²) < 4.78 is 69.0. The molecular formula is C18H15F3N2O4S. The molecule has 0 bridgehead atoms. The van der Waals surface area contributed by atoms with E-state index in [0.717, 1.165) is 12.1 Å². The minimum atomic E-state index is -4.70. The molecule has 28 heavy (non-hydrogen) atoms. The number of hydrogen-bond donors (Lipinski definition) is 2. The average Bonchev–Trinajstić information content (AvgIpc) is 2.96. The van der Waals surface area contributed by atoms with Gasteiger partial charge in [-0.1, -0.05) is 24.3 Å². The molecule has 1 amide bonds. The van der Waals surface area contributed by atoms with Gasteiger partial charge >= 0.3 is 12.1 Å². The number of benzene rings is 2. The van der Waals surface area contributed by atoms with Crippen LogP contribution in [0.1, 0.15) is 27.2 Å². The van der Waals surface area contributed by atoms with E-state index in [-0.39, 0.29) is 11.3 Å². The molecule has 0 atom stereocenters. The van der Waals surface area contributed by atoms with Gasteiger partial charge in [0, 0.05) is 10.9 Å². The largest absolute Gasteiger partial charge is 0.451 e. The summed E-state index contributed by atoms with van der Waals surface area (Å²) in [6, 6.07) is 9.43. The van der Waals surface area contributed by atoms with Crippen LogP contribution in [0.3, 0.4) is 0 Å². The van der Waals surface area contributed by atoms with E-state index < -0.39 is 32.6 Å². The SMILES string of the molecule is Cc1ccc(S(=O)(=O)NNC(=O)c2oc3ccccc3c2C)cc1C(F)(F)F. The smallest absolute Gasteiger partial charge is 0.416 e. The van der Waals surface area contributed by atoms with Crippen molar-refractivity contribution in [3.8, 4) is 0 Å². The van der Waals surface area contributed by atoms with Crippen LogP contribution in [0.15, 0.2) is 51.8 Å². The number of alkyl halides is 3. The number of amides is 1. The zero-order valence-electron chi connectivity index (χ0n) is 14.7. The molecule has 0 aliphatic heterocycles. The molecule has 0 aliphatic carbocycles. The maximum absolute atomic E-state index is 13.0. The molecule has 0 fully saturated rings. The lowest BCUT2D eigenvalue weighted by Crippen LogP contribution is -2.41. The van der Waals surface area contributed by atoms with E-state index >= 15 is 0 Å². The maximum atomic E-state index is 13.0. The molecule has 3 rings (SSSR count). The van der Waals surface area contributed by atoms with Crippen LogP contribution in [-0.4, -0.2) is 14.3 Å². The van der Waals surface area contributed by atoms with Crippen molar-refractivity contribution >= 4 is 26.9 Å². The van der Waals surface area contributed by atoms with E-state index in [2.05, 4.69) is 0 Å². The lowest BCUT2D eigenvalue weighted by atomic mass is 10.1. The molecule has 1 heterocycles. The molecule has 6 nitrogen and oxygen atoms in total. The van der Waals surface area contributed by atoms with E-state index in [1.807, 2.05) is 5.43 Å². The second-order valence-electron chi connectivity index (χ2n) is 6.09. The van der Waals surface area contributed by atoms with Gasteiger partial charge in [0.1, 0.15) is 5.58 Å². The van der Waals surface area contributed by atoms with Gasteiger partial charge in [0.05, 0.1) is 10.5 Å². The molecule has 0 radical (unpaired) electrons. The summed E-state index contributed by atoms with van der Waals surface area (Å²) in [6.07, 6.45) is -4.70. The standard InChI is InChI=1S/C18H15F3N2O4S/c1-10-7-8-12(9-14(10)18(19,20)21)28(25,26)23-22-17(24)16-11(2)13-5-3-4-6-15(13)27-16/h3-9,23H,1-2H3,(H,22,24). The van der Waals surface area contributed by atoms with Crippen LogP contribution in [0.2, 0.25) is 0 Å². The van der Waals surface area contributed by atoms with Crippen LogP contribution in [0.25, 0.3) is 11.0 Å². The predicted octanol–water partition coefficient (Wildman–Crippen LogP) is 3.69. The number of nitrogens with one attached hydrogen (secondary N) is 2. The highest BCUT2D eigenvalue weighted by molar-refractivity contribution is 7.89. The number of fused-ring (bicyclic) bond motifs is 1. The highest BCUT2D eigenvalue weighted by atomic mass is 32.2. The average molecular weight is 412 g/mol. The summed E-state index contributed by atoms with van der Waals surface area (Å²) in [5, 5.41) is 0.684. The van der Waals surface area contributed by atoms with E-state index in [0.29, 0.717) is 22.6 Å². The summed E-state index contributed by atoms with van der Waals surface area (Å²) >= 11 is 0. The van der Waals surface area contributed by atoms with Crippen molar-refractivity contribution in [1.82, 2.24) is 10.3 Å². The molecule has 148 valence electrons. The van der Waals surface area contributed by atoms with Crippen LogP contribution in [-0.2, 0) is 16.2 Å². The Hall–Kier alpha value is -2.85. The minimum absolute atomic E-state index is 0.108. The molecule has 1 aromatic heterocycles. The first-order valence-corrected chi connectivity index (χ1v) is 9.47. The van der Waals surface area contributed by atoms with Crippen molar-refractivity contribution in [3.05, 3.63) is 64.9 Å². The monoisotopic (exact) mass is 412 g/mol. The van der Waals surface area contributed by atoms with Crippen molar-refractivity contribution in [2.45, 2.75) is 24.9 Å². The van der Waals surface area contributed by atoms with Gasteiger partial charge in [0.15, 0.2) is 5.76 Å². The van der Waals surface area contributed by atoms with Crippen molar-refractivity contribution in [2.75, 3.05) is 0 Å². The number of aryl methyl sites for hydroxylation is 2. The second kappa shape index (κ2) is 6.95. The topological polar surface area (TPSA) is 88.4 Å². The minimum Gasteiger partial charge on any atom is -0.451 e. The quantitative estimate of drug-likeness (QED) is 0.640. The first-order chi connectivity index (χ1) is 13.0. The highest BCUT2D eigenvalue weighted by Crippen LogP contribution is 2.33. The summed E-state index contributed by atoms with van der Waals surface area (Å²) in [4.78, 5) is 13.4. The Bertz CT molecular complexity index is 1170. The summed E-state index contributed by atoms with van der Waals surface area (Å²) in [5.74, 6) is -0.982. The Balaban J connectivity index is 1.83. The Morgan fingerprint density at radius 3 is 2.39 bits per heavy atom. The van der Waals surface area contributed by atoms with Crippen molar-refractivity contribution < 1.29 is 30.8 Å². The number of hydrogen-bond acceptors (Lipinski definition) is 4. The number of rotatable bonds is 4. The van der Waals surface area contributed by atoms with Gasteiger partial charge in [-0.25, -0.2) is 8.42 Å². The van der Waals surface area contributed by atoms with Crippen LogP contribution >= 0.6 is 0 Å². The number of para-hydroxylation sites is 1. The Morgan fingerprint density at radius 2 is 1.75 bits per heavy atom. The van der Waals surface area contributed by atoms with Crippen LogP contribution in [0.4, 0.5) is 13.2 Å². The second-order valence-corrected chi connectivity index (χ2v) is 7.77. The van der Waals surface area contributed by atoms with Crippen molar-refractivity contribution in [1.29, 1.82) is 0 Å². The van der Waals surface area contributed by atoms with Crippen LogP contribution in [0.5, 0.6) is 0 Å². The maximum Gasteiger partial charge on any atom is 0.416 e. The summed E-state index contributed by atoms with van der Waals surface area (Å²) in [5.41, 5.74) is 1.72. The van der Waals surface area contributed by atoms with E-state index in [1.165, 1.54) is 6.92 Å². The third-order valence-electron chi connectivity index (χ3n) is 4.17. The molecule has 0 saturated carbocycles. The van der Waals surface area contributed by atoms with Crippen molar-refractivity contribution in [2.24, 2.45) is 0 Å². The van der Waals surface area contributed by atoms with E-state index in [1.54, 1.807) is 36.0 Å². The predicted molar refractivity (Wildman–Crippen MR) is 94.9 cm³/mol. The van der Waals surface area contributed by atoms with Crippen LogP contribution in [0, 0.1) is 13.8 Å². The van der Waals surface area contributed by atoms with Gasteiger partial charge in [0.2, 0.25) is 0 Å². The third kappa shape index (κ3) is 3.73. The van der Waals surface area contributed by atoms with Gasteiger partial charge < -0.3 is 4.42 Å². The number of furan rings is 1. The molecule has 3 aromatic rings. The van der Waals surface area contributed by atoms with E-state index in [9.17, 15) is 26.4 Å². The van der Waals surface area contributed by atoms with Gasteiger partial charge in [0.25, 0.3) is 10.0 Å². The highest BCUT2D eigenvalue weighted by Gasteiger charge is 2.33. The number of sulfonamides is 1. The summed E-state index contributed by atoms with van der Waals surface area (Å²) in [6.45, 7) is 2.85. The fraction of sp³-hybridized carbons (Fsp3) is 0.167. The number of hydrazine groups is 1. The number of halogens is 3. The lowest BCUT2D eigenvalue weighted by Gasteiger charge is -2.13. The van der Waals surface area contributed by atoms with Gasteiger partial charge in [-0.2, -0.15) is 13.2 Å². The molecule has 0 aliphatic rings. The fourth-order valence-corrected chi connectivity index (χ4v) is 3.56. The van der Waals surface area contributed by atoms with Crippen molar-refractivity contribution in [3.63, 3.8) is 0 Å². The molecule has 10 heteroatoms. The van der Waals surface area contributed by atoms with Gasteiger partial charge in [-0.3, -0.25) is 10.2 Å². The Labute approximate surface area is 158 Å². The fourth-order valence-electron chi connectivity index (χ4n) is 2.69. The molecule has 0 spiro atoms. The summed E-state index contributed by atoms with van der Waals surface area (Å²) in [7, 11) is -4.43. The molecule has 0 saturated heterocycles. The molecule has 2 aromatic carbocycles. The first-order valence-electron chi connectivity index (χ1n) is 7.99. The first kappa shape index (κ1) is 19.9. The normalized spacial score (nSPS) is 12.3. The van der Waals surface area contributed by atoms with Crippen LogP contribution < -0.4 is 10.3 Å². The molecule has 0 unspecified atom stereocenters. The number of carbonyl (C=O) groups excluding carboxylic acids is 1. The van der Waals surface area contributed by atoms with Gasteiger partial charge in [-0.15, -0.1) is 4.83 Å². The third-order valence-corrected chi connectivity index (χ3v) is 5.42. The molecule has 2 N–H and O–H groups in total. The molecular weight excluding hydrogens is 397 g/mol. The van der Waals surface area contributed by atoms with Gasteiger partial charge in [-0.05, 0) is 37.6 Å². The van der Waals surface area contributed by atoms with E-state index in [4.69, 9.17) is 4.42 Å². The lowest BCUT2D eigenvalue weighted by molar-refractivity contribution is -0.138. The number of carbonyl (C=O) groups is 1. The zero-order chi connectivity index (χ0) is 20.7. The Morgan fingerprint density at radius 1 is 1.07 bits per heavy atom. The zero-order valence-corrected chi connectivity index (χ0v) is 15.5.